The van der Waals surface area contributed by atoms with Gasteiger partial charge in [0.2, 0.25) is 0 Å². The molecule has 2 aromatic rings. The third-order valence-electron chi connectivity index (χ3n) is 3.17. The van der Waals surface area contributed by atoms with Gasteiger partial charge in [-0.15, -0.1) is 11.3 Å². The van der Waals surface area contributed by atoms with Crippen LogP contribution in [0.3, 0.4) is 0 Å². The number of nitrogen functional groups attached to an aromatic ring is 1. The van der Waals surface area contributed by atoms with Gasteiger partial charge < -0.3 is 11.1 Å². The van der Waals surface area contributed by atoms with Gasteiger partial charge >= 0.3 is 0 Å². The Bertz CT molecular complexity index is 517. The molecule has 0 radical (unpaired) electrons. The lowest BCUT2D eigenvalue weighted by atomic mass is 10.1. The van der Waals surface area contributed by atoms with Crippen LogP contribution in [0.2, 0.25) is 0 Å². The lowest BCUT2D eigenvalue weighted by Gasteiger charge is -2.09. The number of thiophene rings is 1. The molecule has 96 valence electrons. The molecule has 0 atom stereocenters. The van der Waals surface area contributed by atoms with E-state index in [1.807, 2.05) is 23.5 Å². The quantitative estimate of drug-likeness (QED) is 0.808. The topological polar surface area (TPSA) is 38.0 Å². The summed E-state index contributed by atoms with van der Waals surface area (Å²) < 4.78 is 0. The summed E-state index contributed by atoms with van der Waals surface area (Å²) in [5, 5.41) is 3.48. The molecule has 0 aliphatic heterocycles. The summed E-state index contributed by atoms with van der Waals surface area (Å²) in [6, 6.07) is 10.5. The first-order chi connectivity index (χ1) is 8.70. The van der Waals surface area contributed by atoms with Crippen molar-refractivity contribution in [3.05, 3.63) is 51.2 Å². The van der Waals surface area contributed by atoms with Gasteiger partial charge in [-0.3, -0.25) is 0 Å². The number of aryl methyl sites for hydroxylation is 1. The predicted molar refractivity (Wildman–Crippen MR) is 79.8 cm³/mol. The third-order valence-corrected chi connectivity index (χ3v) is 4.40. The summed E-state index contributed by atoms with van der Waals surface area (Å²) in [5.74, 6) is 0. The lowest BCUT2D eigenvalue weighted by molar-refractivity contribution is 0.698. The van der Waals surface area contributed by atoms with Crippen LogP contribution in [0.1, 0.15) is 27.8 Å². The molecule has 0 spiro atoms. The van der Waals surface area contributed by atoms with Crippen LogP contribution in [0, 0.1) is 6.92 Å². The SMILES string of the molecule is CCc1ccc(CNCc2cccc(N)c2C)s1. The molecule has 1 aromatic heterocycles. The second kappa shape index (κ2) is 6.03. The third kappa shape index (κ3) is 3.12. The molecule has 0 saturated heterocycles. The summed E-state index contributed by atoms with van der Waals surface area (Å²) in [6.07, 6.45) is 1.12. The second-order valence-electron chi connectivity index (χ2n) is 4.46. The number of nitrogens with two attached hydrogens (primary N) is 1. The van der Waals surface area contributed by atoms with Crippen molar-refractivity contribution >= 4 is 17.0 Å². The minimum atomic E-state index is 0.871. The van der Waals surface area contributed by atoms with E-state index in [2.05, 4.69) is 37.4 Å². The minimum absolute atomic E-state index is 0.871. The van der Waals surface area contributed by atoms with Gasteiger partial charge in [0.15, 0.2) is 0 Å². The number of hydrogen-bond acceptors (Lipinski definition) is 3. The maximum atomic E-state index is 5.90. The molecule has 2 rings (SSSR count). The number of benzene rings is 1. The standard InChI is InChI=1S/C15H20N2S/c1-3-13-7-8-14(18-13)10-17-9-12-5-4-6-15(16)11(12)2/h4-8,17H,3,9-10,16H2,1-2H3. The minimum Gasteiger partial charge on any atom is -0.399 e. The molecule has 1 aromatic carbocycles. The lowest BCUT2D eigenvalue weighted by Crippen LogP contribution is -2.13. The molecule has 2 nitrogen and oxygen atoms in total. The van der Waals surface area contributed by atoms with E-state index in [0.29, 0.717) is 0 Å². The van der Waals surface area contributed by atoms with E-state index in [9.17, 15) is 0 Å². The number of hydrogen-bond donors (Lipinski definition) is 2. The van der Waals surface area contributed by atoms with Crippen molar-refractivity contribution < 1.29 is 0 Å². The summed E-state index contributed by atoms with van der Waals surface area (Å²) in [7, 11) is 0. The number of rotatable bonds is 5. The van der Waals surface area contributed by atoms with E-state index >= 15 is 0 Å². The molecule has 0 aliphatic rings. The fourth-order valence-electron chi connectivity index (χ4n) is 1.92. The van der Waals surface area contributed by atoms with Crippen molar-refractivity contribution in [1.82, 2.24) is 5.32 Å². The summed E-state index contributed by atoms with van der Waals surface area (Å²) in [4.78, 5) is 2.85. The maximum absolute atomic E-state index is 5.90. The van der Waals surface area contributed by atoms with Crippen LogP contribution in [-0.2, 0) is 19.5 Å². The predicted octanol–water partition coefficient (Wildman–Crippen LogP) is 3.49. The average Bonchev–Trinajstić information content (AvgIpc) is 2.82. The highest BCUT2D eigenvalue weighted by molar-refractivity contribution is 7.11. The van der Waals surface area contributed by atoms with Gasteiger partial charge in [0.25, 0.3) is 0 Å². The Morgan fingerprint density at radius 3 is 2.61 bits per heavy atom. The normalized spacial score (nSPS) is 10.8. The van der Waals surface area contributed by atoms with Crippen molar-refractivity contribution in [1.29, 1.82) is 0 Å². The Labute approximate surface area is 113 Å². The van der Waals surface area contributed by atoms with Gasteiger partial charge in [0.1, 0.15) is 0 Å². The van der Waals surface area contributed by atoms with Gasteiger partial charge in [0.05, 0.1) is 0 Å². The largest absolute Gasteiger partial charge is 0.399 e. The molecule has 0 fully saturated rings. The van der Waals surface area contributed by atoms with Gasteiger partial charge in [-0.05, 0) is 42.7 Å². The van der Waals surface area contributed by atoms with Crippen LogP contribution in [0.25, 0.3) is 0 Å². The van der Waals surface area contributed by atoms with Crippen LogP contribution < -0.4 is 11.1 Å². The molecule has 0 saturated carbocycles. The number of anilines is 1. The fraction of sp³-hybridized carbons (Fsp3) is 0.333. The Balaban J connectivity index is 1.90. The molecule has 0 unspecified atom stereocenters. The van der Waals surface area contributed by atoms with E-state index in [1.165, 1.54) is 20.9 Å². The zero-order chi connectivity index (χ0) is 13.0. The fourth-order valence-corrected chi connectivity index (χ4v) is 2.85. The van der Waals surface area contributed by atoms with Gasteiger partial charge in [-0.2, -0.15) is 0 Å². The summed E-state index contributed by atoms with van der Waals surface area (Å²) in [6.45, 7) is 6.07. The monoisotopic (exact) mass is 260 g/mol. The molecule has 0 aliphatic carbocycles. The molecule has 3 N–H and O–H groups in total. The maximum Gasteiger partial charge on any atom is 0.0346 e. The van der Waals surface area contributed by atoms with E-state index < -0.39 is 0 Å². The molecule has 0 amide bonds. The van der Waals surface area contributed by atoms with Crippen LogP contribution in [-0.4, -0.2) is 0 Å². The van der Waals surface area contributed by atoms with E-state index in [4.69, 9.17) is 5.73 Å². The van der Waals surface area contributed by atoms with Crippen molar-refractivity contribution in [3.8, 4) is 0 Å². The Kier molecular flexibility index (Phi) is 4.39. The van der Waals surface area contributed by atoms with E-state index in [0.717, 1.165) is 25.2 Å². The highest BCUT2D eigenvalue weighted by atomic mass is 32.1. The first-order valence-electron chi connectivity index (χ1n) is 6.33. The zero-order valence-electron chi connectivity index (χ0n) is 11.0. The van der Waals surface area contributed by atoms with Crippen molar-refractivity contribution in [2.45, 2.75) is 33.4 Å². The first-order valence-corrected chi connectivity index (χ1v) is 7.14. The first kappa shape index (κ1) is 13.1. The highest BCUT2D eigenvalue weighted by Crippen LogP contribution is 2.18. The van der Waals surface area contributed by atoms with Crippen LogP contribution in [0.15, 0.2) is 30.3 Å². The second-order valence-corrected chi connectivity index (χ2v) is 5.71. The Morgan fingerprint density at radius 1 is 1.11 bits per heavy atom. The Hall–Kier alpha value is -1.32. The molecular weight excluding hydrogens is 240 g/mol. The van der Waals surface area contributed by atoms with Crippen molar-refractivity contribution in [3.63, 3.8) is 0 Å². The average molecular weight is 260 g/mol. The van der Waals surface area contributed by atoms with Gasteiger partial charge in [-0.25, -0.2) is 0 Å². The number of nitrogens with one attached hydrogen (secondary N) is 1. The summed E-state index contributed by atoms with van der Waals surface area (Å²) >= 11 is 1.89. The molecule has 18 heavy (non-hydrogen) atoms. The van der Waals surface area contributed by atoms with Crippen molar-refractivity contribution in [2.75, 3.05) is 5.73 Å². The van der Waals surface area contributed by atoms with Gasteiger partial charge in [-0.1, -0.05) is 19.1 Å². The van der Waals surface area contributed by atoms with Crippen molar-refractivity contribution in [2.24, 2.45) is 0 Å². The van der Waals surface area contributed by atoms with E-state index in [1.54, 1.807) is 0 Å². The van der Waals surface area contributed by atoms with Crippen LogP contribution >= 0.6 is 11.3 Å². The summed E-state index contributed by atoms with van der Waals surface area (Å²) in [5.41, 5.74) is 9.24. The molecule has 0 bridgehead atoms. The zero-order valence-corrected chi connectivity index (χ0v) is 11.8. The van der Waals surface area contributed by atoms with Gasteiger partial charge in [0, 0.05) is 28.5 Å². The highest BCUT2D eigenvalue weighted by Gasteiger charge is 2.02. The van der Waals surface area contributed by atoms with Crippen LogP contribution in [0.4, 0.5) is 5.69 Å². The molecule has 3 heteroatoms. The molecule has 1 heterocycles. The van der Waals surface area contributed by atoms with E-state index in [-0.39, 0.29) is 0 Å². The van der Waals surface area contributed by atoms with Crippen LogP contribution in [0.5, 0.6) is 0 Å². The smallest absolute Gasteiger partial charge is 0.0346 e. The Morgan fingerprint density at radius 2 is 1.89 bits per heavy atom. The molecular formula is C15H20N2S.